The number of hydrogen-bond donors (Lipinski definition) is 2. The molecule has 1 aliphatic carbocycles. The Morgan fingerprint density at radius 2 is 2.06 bits per heavy atom. The monoisotopic (exact) mass is 247 g/mol. The van der Waals surface area contributed by atoms with Gasteiger partial charge in [-0.3, -0.25) is 4.79 Å². The number of hydrogen-bond acceptors (Lipinski definition) is 2. The highest BCUT2D eigenvalue weighted by molar-refractivity contribution is 5.82. The maximum Gasteiger partial charge on any atom is 0.224 e. The summed E-state index contributed by atoms with van der Waals surface area (Å²) in [5, 5.41) is 12.2. The molecule has 18 heavy (non-hydrogen) atoms. The lowest BCUT2D eigenvalue weighted by atomic mass is 10.0. The topological polar surface area (TPSA) is 49.3 Å². The van der Waals surface area contributed by atoms with E-state index in [1.165, 1.54) is 0 Å². The second kappa shape index (κ2) is 5.11. The first-order chi connectivity index (χ1) is 8.54. The van der Waals surface area contributed by atoms with Gasteiger partial charge in [-0.2, -0.15) is 0 Å². The predicted octanol–water partition coefficient (Wildman–Crippen LogP) is 2.27. The third-order valence-electron chi connectivity index (χ3n) is 3.77. The van der Waals surface area contributed by atoms with Gasteiger partial charge in [0.05, 0.1) is 6.04 Å². The van der Waals surface area contributed by atoms with Crippen LogP contribution in [0.15, 0.2) is 30.3 Å². The van der Waals surface area contributed by atoms with E-state index >= 15 is 0 Å². The average molecular weight is 247 g/mol. The van der Waals surface area contributed by atoms with Gasteiger partial charge in [0.25, 0.3) is 0 Å². The fraction of sp³-hybridized carbons (Fsp3) is 0.533. The SMILES string of the molecule is CC1(C)CC1C(=O)NC(CCO)c1ccccc1. The summed E-state index contributed by atoms with van der Waals surface area (Å²) in [5.74, 6) is 0.240. The Morgan fingerprint density at radius 3 is 2.56 bits per heavy atom. The van der Waals surface area contributed by atoms with Gasteiger partial charge in [-0.25, -0.2) is 0 Å². The average Bonchev–Trinajstić information content (AvgIpc) is 2.99. The molecular formula is C15H21NO2. The minimum atomic E-state index is -0.0832. The fourth-order valence-corrected chi connectivity index (χ4v) is 2.32. The molecule has 0 bridgehead atoms. The summed E-state index contributed by atoms with van der Waals surface area (Å²) in [6, 6.07) is 9.74. The number of benzene rings is 1. The molecule has 2 rings (SSSR count). The summed E-state index contributed by atoms with van der Waals surface area (Å²) in [7, 11) is 0. The van der Waals surface area contributed by atoms with E-state index in [4.69, 9.17) is 5.11 Å². The number of carbonyl (C=O) groups excluding carboxylic acids is 1. The molecule has 0 aromatic heterocycles. The van der Waals surface area contributed by atoms with Gasteiger partial charge in [-0.15, -0.1) is 0 Å². The summed E-state index contributed by atoms with van der Waals surface area (Å²) in [4.78, 5) is 12.1. The molecule has 0 aliphatic heterocycles. The molecular weight excluding hydrogens is 226 g/mol. The highest BCUT2D eigenvalue weighted by atomic mass is 16.3. The van der Waals surface area contributed by atoms with Crippen molar-refractivity contribution < 1.29 is 9.90 Å². The lowest BCUT2D eigenvalue weighted by Gasteiger charge is -2.18. The van der Waals surface area contributed by atoms with Crippen molar-refractivity contribution in [1.29, 1.82) is 0 Å². The van der Waals surface area contributed by atoms with Crippen molar-refractivity contribution in [2.24, 2.45) is 11.3 Å². The summed E-state index contributed by atoms with van der Waals surface area (Å²) >= 11 is 0. The molecule has 2 N–H and O–H groups in total. The Kier molecular flexibility index (Phi) is 3.71. The summed E-state index contributed by atoms with van der Waals surface area (Å²) in [5.41, 5.74) is 1.20. The van der Waals surface area contributed by atoms with Gasteiger partial charge in [0.2, 0.25) is 5.91 Å². The van der Waals surface area contributed by atoms with E-state index in [2.05, 4.69) is 19.2 Å². The van der Waals surface area contributed by atoms with Crippen LogP contribution in [-0.2, 0) is 4.79 Å². The normalized spacial score (nSPS) is 22.3. The van der Waals surface area contributed by atoms with E-state index < -0.39 is 0 Å². The molecule has 1 aromatic carbocycles. The molecule has 1 aliphatic rings. The molecule has 1 fully saturated rings. The first-order valence-electron chi connectivity index (χ1n) is 6.51. The highest BCUT2D eigenvalue weighted by Crippen LogP contribution is 2.51. The van der Waals surface area contributed by atoms with Crippen LogP contribution >= 0.6 is 0 Å². The number of nitrogens with one attached hydrogen (secondary N) is 1. The van der Waals surface area contributed by atoms with Crippen LogP contribution < -0.4 is 5.32 Å². The van der Waals surface area contributed by atoms with Gasteiger partial charge >= 0.3 is 0 Å². The minimum Gasteiger partial charge on any atom is -0.396 e. The molecule has 0 radical (unpaired) electrons. The van der Waals surface area contributed by atoms with E-state index in [1.807, 2.05) is 30.3 Å². The standard InChI is InChI=1S/C15H21NO2/c1-15(2)10-12(15)14(18)16-13(8-9-17)11-6-4-3-5-7-11/h3-7,12-13,17H,8-10H2,1-2H3,(H,16,18). The third kappa shape index (κ3) is 2.91. The van der Waals surface area contributed by atoms with Crippen LogP contribution in [0.1, 0.15) is 38.3 Å². The summed E-state index contributed by atoms with van der Waals surface area (Å²) in [6.45, 7) is 4.30. The fourth-order valence-electron chi connectivity index (χ4n) is 2.32. The molecule has 1 amide bonds. The van der Waals surface area contributed by atoms with Crippen molar-refractivity contribution in [1.82, 2.24) is 5.32 Å². The van der Waals surface area contributed by atoms with Gasteiger partial charge in [0, 0.05) is 12.5 Å². The van der Waals surface area contributed by atoms with E-state index in [-0.39, 0.29) is 29.9 Å². The summed E-state index contributed by atoms with van der Waals surface area (Å²) in [6.07, 6.45) is 1.52. The van der Waals surface area contributed by atoms with E-state index in [1.54, 1.807) is 0 Å². The largest absolute Gasteiger partial charge is 0.396 e. The molecule has 0 spiro atoms. The zero-order chi connectivity index (χ0) is 13.2. The molecule has 1 aromatic rings. The number of aliphatic hydroxyl groups is 1. The lowest BCUT2D eigenvalue weighted by Crippen LogP contribution is -2.31. The molecule has 3 nitrogen and oxygen atoms in total. The molecule has 3 heteroatoms. The van der Waals surface area contributed by atoms with Crippen molar-refractivity contribution in [2.75, 3.05) is 6.61 Å². The van der Waals surface area contributed by atoms with Crippen LogP contribution in [0.2, 0.25) is 0 Å². The number of carbonyl (C=O) groups is 1. The Hall–Kier alpha value is -1.35. The molecule has 2 atom stereocenters. The molecule has 1 saturated carbocycles. The zero-order valence-corrected chi connectivity index (χ0v) is 11.0. The van der Waals surface area contributed by atoms with Crippen LogP contribution in [0.5, 0.6) is 0 Å². The highest BCUT2D eigenvalue weighted by Gasteiger charge is 2.50. The number of aliphatic hydroxyl groups excluding tert-OH is 1. The first kappa shape index (κ1) is 13.1. The predicted molar refractivity (Wildman–Crippen MR) is 70.9 cm³/mol. The molecule has 2 unspecified atom stereocenters. The van der Waals surface area contributed by atoms with Crippen molar-refractivity contribution in [3.05, 3.63) is 35.9 Å². The molecule has 0 saturated heterocycles. The smallest absolute Gasteiger partial charge is 0.224 e. The van der Waals surface area contributed by atoms with Crippen molar-refractivity contribution in [3.8, 4) is 0 Å². The van der Waals surface area contributed by atoms with Crippen LogP contribution in [0.3, 0.4) is 0 Å². The number of rotatable bonds is 5. The Balaban J connectivity index is 2.01. The zero-order valence-electron chi connectivity index (χ0n) is 11.0. The maximum atomic E-state index is 12.1. The van der Waals surface area contributed by atoms with Gasteiger partial charge in [-0.05, 0) is 23.8 Å². The Bertz CT molecular complexity index is 414. The van der Waals surface area contributed by atoms with Gasteiger partial charge in [0.1, 0.15) is 0 Å². The minimum absolute atomic E-state index is 0.0773. The van der Waals surface area contributed by atoms with Crippen molar-refractivity contribution >= 4 is 5.91 Å². The van der Waals surface area contributed by atoms with Crippen LogP contribution in [-0.4, -0.2) is 17.6 Å². The third-order valence-corrected chi connectivity index (χ3v) is 3.77. The molecule has 98 valence electrons. The molecule has 0 heterocycles. The van der Waals surface area contributed by atoms with Crippen LogP contribution in [0, 0.1) is 11.3 Å². The van der Waals surface area contributed by atoms with Crippen LogP contribution in [0.4, 0.5) is 0 Å². The second-order valence-electron chi connectivity index (χ2n) is 5.73. The van der Waals surface area contributed by atoms with Gasteiger partial charge in [-0.1, -0.05) is 44.2 Å². The second-order valence-corrected chi connectivity index (χ2v) is 5.73. The Labute approximate surface area is 108 Å². The maximum absolute atomic E-state index is 12.1. The van der Waals surface area contributed by atoms with Gasteiger partial charge in [0.15, 0.2) is 0 Å². The lowest BCUT2D eigenvalue weighted by molar-refractivity contribution is -0.123. The van der Waals surface area contributed by atoms with Gasteiger partial charge < -0.3 is 10.4 Å². The van der Waals surface area contributed by atoms with E-state index in [0.29, 0.717) is 6.42 Å². The summed E-state index contributed by atoms with van der Waals surface area (Å²) < 4.78 is 0. The van der Waals surface area contributed by atoms with Crippen molar-refractivity contribution in [3.63, 3.8) is 0 Å². The van der Waals surface area contributed by atoms with Crippen LogP contribution in [0.25, 0.3) is 0 Å². The van der Waals surface area contributed by atoms with Crippen molar-refractivity contribution in [2.45, 2.75) is 32.7 Å². The van der Waals surface area contributed by atoms with E-state index in [9.17, 15) is 4.79 Å². The van der Waals surface area contributed by atoms with E-state index in [0.717, 1.165) is 12.0 Å². The number of amides is 1. The Morgan fingerprint density at radius 1 is 1.44 bits per heavy atom. The quantitative estimate of drug-likeness (QED) is 0.838. The first-order valence-corrected chi connectivity index (χ1v) is 6.51.